The van der Waals surface area contributed by atoms with Gasteiger partial charge in [0.25, 0.3) is 0 Å². The number of carbonyl (C=O) groups is 1. The minimum absolute atomic E-state index is 0.0458. The van der Waals surface area contributed by atoms with Crippen molar-refractivity contribution in [1.82, 2.24) is 0 Å². The molecule has 0 atom stereocenters. The van der Waals surface area contributed by atoms with Gasteiger partial charge in [-0.25, -0.2) is 0 Å². The monoisotopic (exact) mass is 286 g/mol. The Morgan fingerprint density at radius 1 is 1.14 bits per heavy atom. The summed E-state index contributed by atoms with van der Waals surface area (Å²) in [5.41, 5.74) is 7.85. The summed E-state index contributed by atoms with van der Waals surface area (Å²) in [5, 5.41) is 3.10. The molecule has 0 amide bonds. The van der Waals surface area contributed by atoms with Gasteiger partial charge < -0.3 is 20.5 Å². The van der Waals surface area contributed by atoms with Crippen LogP contribution < -0.4 is 20.5 Å². The molecule has 0 saturated heterocycles. The van der Waals surface area contributed by atoms with E-state index < -0.39 is 0 Å². The lowest BCUT2D eigenvalue weighted by Gasteiger charge is -2.12. The highest BCUT2D eigenvalue weighted by Crippen LogP contribution is 2.28. The minimum Gasteiger partial charge on any atom is -0.493 e. The van der Waals surface area contributed by atoms with Crippen LogP contribution in [0.3, 0.4) is 0 Å². The zero-order valence-electron chi connectivity index (χ0n) is 12.1. The van der Waals surface area contributed by atoms with E-state index in [1.54, 1.807) is 44.4 Å². The number of ether oxygens (including phenoxy) is 2. The average molecular weight is 286 g/mol. The first-order valence-electron chi connectivity index (χ1n) is 6.51. The Balaban J connectivity index is 1.93. The molecule has 0 fully saturated rings. The van der Waals surface area contributed by atoms with Crippen molar-refractivity contribution in [2.45, 2.75) is 6.92 Å². The molecule has 5 heteroatoms. The van der Waals surface area contributed by atoms with Gasteiger partial charge in [-0.05, 0) is 43.3 Å². The largest absolute Gasteiger partial charge is 0.493 e. The Bertz CT molecular complexity index is 624. The fourth-order valence-corrected chi connectivity index (χ4v) is 1.82. The molecule has 2 aromatic carbocycles. The molecule has 110 valence electrons. The Kier molecular flexibility index (Phi) is 4.66. The van der Waals surface area contributed by atoms with Crippen LogP contribution in [-0.4, -0.2) is 19.6 Å². The number of methoxy groups -OCH3 is 1. The highest BCUT2D eigenvalue weighted by atomic mass is 16.5. The predicted molar refractivity (Wildman–Crippen MR) is 83.0 cm³/mol. The summed E-state index contributed by atoms with van der Waals surface area (Å²) in [6.07, 6.45) is 0. The molecule has 3 N–H and O–H groups in total. The molecule has 21 heavy (non-hydrogen) atoms. The van der Waals surface area contributed by atoms with Crippen LogP contribution in [0.5, 0.6) is 11.5 Å². The molecule has 0 heterocycles. The number of carbonyl (C=O) groups excluding carboxylic acids is 1. The van der Waals surface area contributed by atoms with Crippen LogP contribution in [0.1, 0.15) is 17.3 Å². The summed E-state index contributed by atoms with van der Waals surface area (Å²) in [6, 6.07) is 12.4. The number of anilines is 2. The van der Waals surface area contributed by atoms with Crippen molar-refractivity contribution >= 4 is 17.2 Å². The SMILES string of the molecule is COc1cc(N)ccc1OCNc1ccc(C(C)=O)cc1. The Labute approximate surface area is 123 Å². The zero-order chi connectivity index (χ0) is 15.2. The molecule has 0 aliphatic carbocycles. The number of Topliss-reactive ketones (excluding diaryl/α,β-unsaturated/α-hetero) is 1. The van der Waals surface area contributed by atoms with Gasteiger partial charge in [0.05, 0.1) is 7.11 Å². The van der Waals surface area contributed by atoms with Gasteiger partial charge >= 0.3 is 0 Å². The Morgan fingerprint density at radius 3 is 2.48 bits per heavy atom. The fourth-order valence-electron chi connectivity index (χ4n) is 1.82. The standard InChI is InChI=1S/C16H18N2O3/c1-11(19)12-3-6-14(7-4-12)18-10-21-15-8-5-13(17)9-16(15)20-2/h3-9,18H,10,17H2,1-2H3. The molecule has 2 aromatic rings. The second-order valence-electron chi connectivity index (χ2n) is 4.51. The van der Waals surface area contributed by atoms with E-state index in [0.29, 0.717) is 22.7 Å². The quantitative estimate of drug-likeness (QED) is 0.485. The lowest BCUT2D eigenvalue weighted by atomic mass is 10.1. The number of ketones is 1. The highest BCUT2D eigenvalue weighted by molar-refractivity contribution is 5.94. The van der Waals surface area contributed by atoms with Gasteiger partial charge in [0.1, 0.15) is 0 Å². The molecule has 0 aromatic heterocycles. The first kappa shape index (κ1) is 14.7. The maximum absolute atomic E-state index is 11.2. The first-order valence-corrected chi connectivity index (χ1v) is 6.51. The number of hydrogen-bond donors (Lipinski definition) is 2. The topological polar surface area (TPSA) is 73.6 Å². The van der Waals surface area contributed by atoms with Gasteiger partial charge in [-0.2, -0.15) is 0 Å². The molecule has 0 bridgehead atoms. The predicted octanol–water partition coefficient (Wildman–Crippen LogP) is 2.93. The van der Waals surface area contributed by atoms with E-state index >= 15 is 0 Å². The van der Waals surface area contributed by atoms with Crippen LogP contribution >= 0.6 is 0 Å². The summed E-state index contributed by atoms with van der Waals surface area (Å²) in [6.45, 7) is 1.82. The number of hydrogen-bond acceptors (Lipinski definition) is 5. The Morgan fingerprint density at radius 2 is 1.86 bits per heavy atom. The maximum atomic E-state index is 11.2. The molecule has 0 spiro atoms. The molecule has 0 aliphatic rings. The normalized spacial score (nSPS) is 10.0. The van der Waals surface area contributed by atoms with Gasteiger partial charge in [-0.3, -0.25) is 4.79 Å². The molecule has 0 radical (unpaired) electrons. The summed E-state index contributed by atoms with van der Waals surface area (Å²) in [4.78, 5) is 11.2. The zero-order valence-corrected chi connectivity index (χ0v) is 12.1. The number of rotatable bonds is 6. The van der Waals surface area contributed by atoms with Gasteiger partial charge in [-0.15, -0.1) is 0 Å². The van der Waals surface area contributed by atoms with Crippen LogP contribution in [0, 0.1) is 0 Å². The van der Waals surface area contributed by atoms with Crippen LogP contribution in [0.2, 0.25) is 0 Å². The van der Waals surface area contributed by atoms with E-state index in [4.69, 9.17) is 15.2 Å². The number of nitrogen functional groups attached to an aromatic ring is 1. The van der Waals surface area contributed by atoms with E-state index in [-0.39, 0.29) is 12.5 Å². The molecule has 0 saturated carbocycles. The first-order chi connectivity index (χ1) is 10.1. The van der Waals surface area contributed by atoms with Crippen molar-refractivity contribution in [2.24, 2.45) is 0 Å². The van der Waals surface area contributed by atoms with Crippen LogP contribution in [-0.2, 0) is 0 Å². The summed E-state index contributed by atoms with van der Waals surface area (Å²) < 4.78 is 10.8. The van der Waals surface area contributed by atoms with E-state index in [1.807, 2.05) is 12.1 Å². The molecule has 5 nitrogen and oxygen atoms in total. The van der Waals surface area contributed by atoms with Crippen molar-refractivity contribution in [1.29, 1.82) is 0 Å². The summed E-state index contributed by atoms with van der Waals surface area (Å²) in [7, 11) is 1.57. The molecule has 0 unspecified atom stereocenters. The smallest absolute Gasteiger partial charge is 0.163 e. The number of nitrogens with one attached hydrogen (secondary N) is 1. The van der Waals surface area contributed by atoms with Gasteiger partial charge in [0, 0.05) is 23.0 Å². The van der Waals surface area contributed by atoms with Gasteiger partial charge in [-0.1, -0.05) is 0 Å². The van der Waals surface area contributed by atoms with Crippen molar-refractivity contribution < 1.29 is 14.3 Å². The van der Waals surface area contributed by atoms with E-state index in [1.165, 1.54) is 0 Å². The second kappa shape index (κ2) is 6.65. The van der Waals surface area contributed by atoms with Crippen molar-refractivity contribution in [3.8, 4) is 11.5 Å². The van der Waals surface area contributed by atoms with Gasteiger partial charge in [0.2, 0.25) is 0 Å². The van der Waals surface area contributed by atoms with Crippen molar-refractivity contribution in [3.63, 3.8) is 0 Å². The molecule has 2 rings (SSSR count). The third-order valence-corrected chi connectivity index (χ3v) is 2.98. The second-order valence-corrected chi connectivity index (χ2v) is 4.51. The minimum atomic E-state index is 0.0458. The van der Waals surface area contributed by atoms with E-state index in [0.717, 1.165) is 5.69 Å². The van der Waals surface area contributed by atoms with Crippen molar-refractivity contribution in [3.05, 3.63) is 48.0 Å². The third kappa shape index (κ3) is 3.89. The Hall–Kier alpha value is -2.69. The average Bonchev–Trinajstić information content (AvgIpc) is 2.49. The van der Waals surface area contributed by atoms with Crippen LogP contribution in [0.15, 0.2) is 42.5 Å². The highest BCUT2D eigenvalue weighted by Gasteiger charge is 2.04. The molecular formula is C16H18N2O3. The third-order valence-electron chi connectivity index (χ3n) is 2.98. The summed E-state index contributed by atoms with van der Waals surface area (Å²) >= 11 is 0. The van der Waals surface area contributed by atoms with Crippen molar-refractivity contribution in [2.75, 3.05) is 24.9 Å². The summed E-state index contributed by atoms with van der Waals surface area (Å²) in [5.74, 6) is 1.24. The lowest BCUT2D eigenvalue weighted by molar-refractivity contribution is 0.101. The fraction of sp³-hybridized carbons (Fsp3) is 0.188. The van der Waals surface area contributed by atoms with Crippen LogP contribution in [0.4, 0.5) is 11.4 Å². The number of benzene rings is 2. The number of nitrogens with two attached hydrogens (primary N) is 1. The van der Waals surface area contributed by atoms with Crippen LogP contribution in [0.25, 0.3) is 0 Å². The molecule has 0 aliphatic heterocycles. The van der Waals surface area contributed by atoms with E-state index in [9.17, 15) is 4.79 Å². The maximum Gasteiger partial charge on any atom is 0.163 e. The molecular weight excluding hydrogens is 268 g/mol. The van der Waals surface area contributed by atoms with E-state index in [2.05, 4.69) is 5.32 Å². The van der Waals surface area contributed by atoms with Gasteiger partial charge in [0.15, 0.2) is 24.0 Å². The lowest BCUT2D eigenvalue weighted by Crippen LogP contribution is -2.09.